The summed E-state index contributed by atoms with van der Waals surface area (Å²) in [7, 11) is 0. The molecule has 0 bridgehead atoms. The van der Waals surface area contributed by atoms with Gasteiger partial charge in [0.1, 0.15) is 0 Å². The van der Waals surface area contributed by atoms with E-state index in [1.807, 2.05) is 0 Å². The van der Waals surface area contributed by atoms with Crippen molar-refractivity contribution < 1.29 is 0 Å². The highest BCUT2D eigenvalue weighted by atomic mass is 15.1. The van der Waals surface area contributed by atoms with E-state index in [0.717, 1.165) is 18.4 Å². The van der Waals surface area contributed by atoms with Gasteiger partial charge in [0.05, 0.1) is 0 Å². The van der Waals surface area contributed by atoms with Gasteiger partial charge in [-0.05, 0) is 56.0 Å². The van der Waals surface area contributed by atoms with Crippen LogP contribution in [0.25, 0.3) is 0 Å². The maximum absolute atomic E-state index is 3.70. The fourth-order valence-electron chi connectivity index (χ4n) is 3.25. The topological polar surface area (TPSA) is 15.3 Å². The van der Waals surface area contributed by atoms with Crippen molar-refractivity contribution in [2.24, 2.45) is 17.3 Å². The Hall–Kier alpha value is -0.0800. The van der Waals surface area contributed by atoms with Crippen LogP contribution < -0.4 is 5.32 Å². The Morgan fingerprint density at radius 2 is 1.90 bits per heavy atom. The summed E-state index contributed by atoms with van der Waals surface area (Å²) in [5.41, 5.74) is 0.438. The number of hydrogen-bond donors (Lipinski definition) is 1. The van der Waals surface area contributed by atoms with Gasteiger partial charge in [-0.3, -0.25) is 0 Å². The third-order valence-electron chi connectivity index (χ3n) is 4.32. The molecule has 0 aromatic heterocycles. The van der Waals surface area contributed by atoms with Crippen LogP contribution in [0.3, 0.4) is 0 Å². The lowest BCUT2D eigenvalue weighted by molar-refractivity contribution is 0.143. The lowest BCUT2D eigenvalue weighted by atomic mass is 9.84. The fourth-order valence-corrected chi connectivity index (χ4v) is 3.25. The number of nitrogens with one attached hydrogen (secondary N) is 1. The molecule has 1 aliphatic rings. The molecule has 1 rings (SSSR count). The Morgan fingerprint density at radius 3 is 2.40 bits per heavy atom. The number of hydrogen-bond acceptors (Lipinski definition) is 2. The van der Waals surface area contributed by atoms with Gasteiger partial charge in [0.25, 0.3) is 0 Å². The summed E-state index contributed by atoms with van der Waals surface area (Å²) in [6, 6.07) is 0. The van der Waals surface area contributed by atoms with Crippen molar-refractivity contribution >= 4 is 0 Å². The van der Waals surface area contributed by atoms with Gasteiger partial charge in [-0.15, -0.1) is 0 Å². The molecule has 2 heteroatoms. The van der Waals surface area contributed by atoms with Gasteiger partial charge in [-0.25, -0.2) is 0 Å². The van der Waals surface area contributed by atoms with Crippen molar-refractivity contribution in [1.29, 1.82) is 0 Å². The minimum absolute atomic E-state index is 0.438. The molecule has 0 aromatic rings. The number of nitrogens with zero attached hydrogens (tertiary/aromatic N) is 1. The largest absolute Gasteiger partial charge is 0.316 e. The van der Waals surface area contributed by atoms with Crippen LogP contribution in [0.15, 0.2) is 0 Å². The van der Waals surface area contributed by atoms with E-state index in [0.29, 0.717) is 5.41 Å². The second-order valence-corrected chi connectivity index (χ2v) is 7.76. The summed E-state index contributed by atoms with van der Waals surface area (Å²) in [4.78, 5) is 2.74. The van der Waals surface area contributed by atoms with Crippen molar-refractivity contribution in [3.05, 3.63) is 0 Å². The van der Waals surface area contributed by atoms with Crippen molar-refractivity contribution in [2.75, 3.05) is 32.7 Å². The predicted molar refractivity (Wildman–Crippen MR) is 90.2 cm³/mol. The molecular weight excluding hydrogens is 244 g/mol. The van der Waals surface area contributed by atoms with E-state index < -0.39 is 0 Å². The summed E-state index contributed by atoms with van der Waals surface area (Å²) in [6.07, 6.45) is 6.85. The first-order valence-electron chi connectivity index (χ1n) is 8.92. The maximum Gasteiger partial charge on any atom is 0.00476 e. The van der Waals surface area contributed by atoms with E-state index in [9.17, 15) is 0 Å². The van der Waals surface area contributed by atoms with Gasteiger partial charge in [0.2, 0.25) is 0 Å². The third kappa shape index (κ3) is 7.64. The normalized spacial score (nSPS) is 18.8. The summed E-state index contributed by atoms with van der Waals surface area (Å²) in [6.45, 7) is 17.9. The van der Waals surface area contributed by atoms with Gasteiger partial charge in [-0.1, -0.05) is 41.0 Å². The molecule has 2 nitrogen and oxygen atoms in total. The molecule has 0 amide bonds. The van der Waals surface area contributed by atoms with Crippen LogP contribution in [0.4, 0.5) is 0 Å². The summed E-state index contributed by atoms with van der Waals surface area (Å²) in [5.74, 6) is 1.76. The first-order valence-corrected chi connectivity index (χ1v) is 8.92. The standard InChI is InChI=1S/C18H38N2/c1-6-10-18(5,14-19-12-16(3)4)15-20(11-7-2)13-17-8-9-17/h16-17,19H,6-15H2,1-5H3. The summed E-state index contributed by atoms with van der Waals surface area (Å²) < 4.78 is 0. The Balaban J connectivity index is 2.46. The molecule has 1 unspecified atom stereocenters. The molecule has 0 spiro atoms. The molecule has 1 atom stereocenters. The van der Waals surface area contributed by atoms with Gasteiger partial charge in [0, 0.05) is 19.6 Å². The Labute approximate surface area is 127 Å². The zero-order chi connectivity index (χ0) is 15.0. The highest BCUT2D eigenvalue weighted by molar-refractivity contribution is 4.84. The Kier molecular flexibility index (Phi) is 8.13. The molecular formula is C18H38N2. The van der Waals surface area contributed by atoms with Crippen LogP contribution >= 0.6 is 0 Å². The van der Waals surface area contributed by atoms with Crippen LogP contribution in [-0.2, 0) is 0 Å². The lowest BCUT2D eigenvalue weighted by Gasteiger charge is -2.36. The lowest BCUT2D eigenvalue weighted by Crippen LogP contribution is -2.44. The van der Waals surface area contributed by atoms with Crippen molar-refractivity contribution in [2.45, 2.75) is 66.7 Å². The van der Waals surface area contributed by atoms with Gasteiger partial charge >= 0.3 is 0 Å². The first kappa shape index (κ1) is 18.0. The van der Waals surface area contributed by atoms with Crippen molar-refractivity contribution in [3.8, 4) is 0 Å². The second-order valence-electron chi connectivity index (χ2n) is 7.76. The van der Waals surface area contributed by atoms with E-state index in [-0.39, 0.29) is 0 Å². The quantitative estimate of drug-likeness (QED) is 0.578. The summed E-state index contributed by atoms with van der Waals surface area (Å²) >= 11 is 0. The smallest absolute Gasteiger partial charge is 0.00476 e. The molecule has 0 heterocycles. The van der Waals surface area contributed by atoms with Crippen LogP contribution in [0.5, 0.6) is 0 Å². The third-order valence-corrected chi connectivity index (χ3v) is 4.32. The van der Waals surface area contributed by atoms with Gasteiger partial charge < -0.3 is 10.2 Å². The van der Waals surface area contributed by atoms with Crippen LogP contribution in [-0.4, -0.2) is 37.6 Å². The molecule has 0 aromatic carbocycles. The predicted octanol–water partition coefficient (Wildman–Crippen LogP) is 4.16. The minimum atomic E-state index is 0.438. The van der Waals surface area contributed by atoms with Crippen molar-refractivity contribution in [3.63, 3.8) is 0 Å². The molecule has 1 saturated carbocycles. The molecule has 0 aliphatic heterocycles. The maximum atomic E-state index is 3.70. The molecule has 20 heavy (non-hydrogen) atoms. The molecule has 120 valence electrons. The number of rotatable bonds is 12. The zero-order valence-electron chi connectivity index (χ0n) is 14.7. The van der Waals surface area contributed by atoms with E-state index in [4.69, 9.17) is 0 Å². The van der Waals surface area contributed by atoms with Crippen LogP contribution in [0, 0.1) is 17.3 Å². The highest BCUT2D eigenvalue weighted by Gasteiger charge is 2.29. The molecule has 1 fully saturated rings. The molecule has 1 N–H and O–H groups in total. The molecule has 0 radical (unpaired) electrons. The summed E-state index contributed by atoms with van der Waals surface area (Å²) in [5, 5.41) is 3.70. The second kappa shape index (κ2) is 9.04. The van der Waals surface area contributed by atoms with Crippen LogP contribution in [0.1, 0.15) is 66.7 Å². The van der Waals surface area contributed by atoms with Gasteiger partial charge in [0.15, 0.2) is 0 Å². The highest BCUT2D eigenvalue weighted by Crippen LogP contribution is 2.32. The monoisotopic (exact) mass is 282 g/mol. The van der Waals surface area contributed by atoms with E-state index in [1.165, 1.54) is 58.3 Å². The molecule has 0 saturated heterocycles. The van der Waals surface area contributed by atoms with Crippen LogP contribution in [0.2, 0.25) is 0 Å². The first-order chi connectivity index (χ1) is 9.49. The molecule has 1 aliphatic carbocycles. The average molecular weight is 283 g/mol. The Morgan fingerprint density at radius 1 is 1.20 bits per heavy atom. The average Bonchev–Trinajstić information content (AvgIpc) is 3.12. The minimum Gasteiger partial charge on any atom is -0.316 e. The SMILES string of the molecule is CCCN(CC1CC1)CC(C)(CCC)CNCC(C)C. The van der Waals surface area contributed by atoms with Gasteiger partial charge in [-0.2, -0.15) is 0 Å². The van der Waals surface area contributed by atoms with E-state index in [2.05, 4.69) is 44.8 Å². The van der Waals surface area contributed by atoms with Crippen molar-refractivity contribution in [1.82, 2.24) is 10.2 Å². The van der Waals surface area contributed by atoms with E-state index in [1.54, 1.807) is 0 Å². The fraction of sp³-hybridized carbons (Fsp3) is 1.00. The zero-order valence-corrected chi connectivity index (χ0v) is 14.7. The van der Waals surface area contributed by atoms with E-state index >= 15 is 0 Å². The Bertz CT molecular complexity index is 248.